The first kappa shape index (κ1) is 21.1. The van der Waals surface area contributed by atoms with E-state index >= 15 is 0 Å². The summed E-state index contributed by atoms with van der Waals surface area (Å²) in [5.74, 6) is 1.64. The standard InChI is InChI=1S/C25H27N5O3/c1-16-13-28(19-11-7-8-12-20(19)33-4)24-26-22-21(29(24)14-16)23(31)30(25(32)27(22)3)15-18-10-6-5-9-17(18)2/h5-12,16H,13-15H2,1-4H3/t16-/m1/s1. The molecule has 2 aromatic carbocycles. The fourth-order valence-electron chi connectivity index (χ4n) is 4.66. The summed E-state index contributed by atoms with van der Waals surface area (Å²) in [6.07, 6.45) is 0. The highest BCUT2D eigenvalue weighted by Gasteiger charge is 2.31. The van der Waals surface area contributed by atoms with E-state index in [-0.39, 0.29) is 23.7 Å². The highest BCUT2D eigenvalue weighted by Crippen LogP contribution is 2.37. The zero-order chi connectivity index (χ0) is 23.3. The molecule has 0 saturated heterocycles. The smallest absolute Gasteiger partial charge is 0.332 e. The van der Waals surface area contributed by atoms with E-state index in [0.29, 0.717) is 23.7 Å². The first-order chi connectivity index (χ1) is 15.9. The van der Waals surface area contributed by atoms with E-state index < -0.39 is 0 Å². The van der Waals surface area contributed by atoms with E-state index in [1.54, 1.807) is 14.2 Å². The predicted octanol–water partition coefficient (Wildman–Crippen LogP) is 3.05. The zero-order valence-corrected chi connectivity index (χ0v) is 19.3. The molecule has 0 saturated carbocycles. The molecule has 0 radical (unpaired) electrons. The first-order valence-corrected chi connectivity index (χ1v) is 11.1. The van der Waals surface area contributed by atoms with Crippen LogP contribution in [0.25, 0.3) is 11.2 Å². The maximum absolute atomic E-state index is 13.7. The Labute approximate surface area is 191 Å². The number of hydrogen-bond donors (Lipinski definition) is 0. The lowest BCUT2D eigenvalue weighted by Crippen LogP contribution is -2.40. The second-order valence-electron chi connectivity index (χ2n) is 8.74. The number of benzene rings is 2. The van der Waals surface area contributed by atoms with Crippen molar-refractivity contribution >= 4 is 22.8 Å². The van der Waals surface area contributed by atoms with Gasteiger partial charge in [-0.25, -0.2) is 4.79 Å². The lowest BCUT2D eigenvalue weighted by atomic mass is 10.1. The molecule has 170 valence electrons. The normalized spacial score (nSPS) is 15.6. The van der Waals surface area contributed by atoms with Gasteiger partial charge >= 0.3 is 5.69 Å². The summed E-state index contributed by atoms with van der Waals surface area (Å²) in [5.41, 5.74) is 3.03. The first-order valence-electron chi connectivity index (χ1n) is 11.1. The van der Waals surface area contributed by atoms with E-state index in [4.69, 9.17) is 9.72 Å². The van der Waals surface area contributed by atoms with Gasteiger partial charge in [0, 0.05) is 20.1 Å². The molecule has 8 heteroatoms. The summed E-state index contributed by atoms with van der Waals surface area (Å²) < 4.78 is 10.3. The largest absolute Gasteiger partial charge is 0.495 e. The Balaban J connectivity index is 1.74. The number of hydrogen-bond acceptors (Lipinski definition) is 5. The quantitative estimate of drug-likeness (QED) is 0.483. The summed E-state index contributed by atoms with van der Waals surface area (Å²) >= 11 is 0. The van der Waals surface area contributed by atoms with Crippen LogP contribution in [0.4, 0.5) is 11.6 Å². The van der Waals surface area contributed by atoms with Gasteiger partial charge in [0.1, 0.15) is 5.75 Å². The minimum absolute atomic E-state index is 0.223. The molecule has 1 aliphatic rings. The van der Waals surface area contributed by atoms with Gasteiger partial charge in [0.2, 0.25) is 5.95 Å². The minimum atomic E-state index is -0.372. The maximum atomic E-state index is 13.7. The van der Waals surface area contributed by atoms with Crippen LogP contribution < -0.4 is 20.9 Å². The molecule has 3 heterocycles. The van der Waals surface area contributed by atoms with E-state index in [9.17, 15) is 9.59 Å². The number of aromatic nitrogens is 4. The van der Waals surface area contributed by atoms with Gasteiger partial charge in [-0.1, -0.05) is 43.3 Å². The van der Waals surface area contributed by atoms with E-state index in [1.807, 2.05) is 60.0 Å². The molecule has 1 atom stereocenters. The highest BCUT2D eigenvalue weighted by atomic mass is 16.5. The highest BCUT2D eigenvalue weighted by molar-refractivity contribution is 5.78. The lowest BCUT2D eigenvalue weighted by molar-refractivity contribution is 0.409. The average Bonchev–Trinajstić information content (AvgIpc) is 3.20. The lowest BCUT2D eigenvalue weighted by Gasteiger charge is -2.33. The maximum Gasteiger partial charge on any atom is 0.332 e. The molecular formula is C25H27N5O3. The molecule has 0 N–H and O–H groups in total. The zero-order valence-electron chi connectivity index (χ0n) is 19.3. The fraction of sp³-hybridized carbons (Fsp3) is 0.320. The van der Waals surface area contributed by atoms with Crippen molar-refractivity contribution in [1.29, 1.82) is 0 Å². The van der Waals surface area contributed by atoms with Crippen molar-refractivity contribution in [1.82, 2.24) is 18.7 Å². The van der Waals surface area contributed by atoms with Crippen molar-refractivity contribution < 1.29 is 4.74 Å². The molecule has 0 fully saturated rings. The molecule has 0 amide bonds. The minimum Gasteiger partial charge on any atom is -0.495 e. The molecule has 4 aromatic rings. The molecule has 5 rings (SSSR count). The summed E-state index contributed by atoms with van der Waals surface area (Å²) in [4.78, 5) is 33.7. The van der Waals surface area contributed by atoms with Crippen LogP contribution in [-0.2, 0) is 20.1 Å². The molecule has 0 unspecified atom stereocenters. The molecule has 2 aromatic heterocycles. The molecule has 0 aliphatic carbocycles. The van der Waals surface area contributed by atoms with Crippen molar-refractivity contribution in [2.24, 2.45) is 13.0 Å². The predicted molar refractivity (Wildman–Crippen MR) is 129 cm³/mol. The van der Waals surface area contributed by atoms with Crippen molar-refractivity contribution in [3.63, 3.8) is 0 Å². The number of ether oxygens (including phenoxy) is 1. The topological polar surface area (TPSA) is 74.3 Å². The van der Waals surface area contributed by atoms with Crippen LogP contribution in [0.5, 0.6) is 5.75 Å². The summed E-state index contributed by atoms with van der Waals surface area (Å²) in [6, 6.07) is 15.6. The molecule has 1 aliphatic heterocycles. The molecular weight excluding hydrogens is 418 g/mol. The number of aryl methyl sites for hydroxylation is 2. The van der Waals surface area contributed by atoms with Gasteiger partial charge < -0.3 is 14.2 Å². The van der Waals surface area contributed by atoms with Crippen molar-refractivity contribution in [2.45, 2.75) is 26.9 Å². The number of nitrogens with zero attached hydrogens (tertiary/aromatic N) is 5. The SMILES string of the molecule is COc1ccccc1N1C[C@@H](C)Cn2c1nc1c2c(=O)n(Cc2ccccc2C)c(=O)n1C. The Kier molecular flexibility index (Phi) is 5.08. The van der Waals surface area contributed by atoms with Crippen molar-refractivity contribution in [2.75, 3.05) is 18.6 Å². The molecule has 8 nitrogen and oxygen atoms in total. The van der Waals surface area contributed by atoms with Crippen LogP contribution in [0.15, 0.2) is 58.1 Å². The number of fused-ring (bicyclic) bond motifs is 3. The number of methoxy groups -OCH3 is 1. The fourth-order valence-corrected chi connectivity index (χ4v) is 4.66. The number of para-hydroxylation sites is 2. The Morgan fingerprint density at radius 3 is 2.55 bits per heavy atom. The van der Waals surface area contributed by atoms with Crippen LogP contribution >= 0.6 is 0 Å². The van der Waals surface area contributed by atoms with Crippen LogP contribution in [-0.4, -0.2) is 32.3 Å². The van der Waals surface area contributed by atoms with Crippen LogP contribution in [0.3, 0.4) is 0 Å². The Hall–Kier alpha value is -3.81. The Morgan fingerprint density at radius 1 is 1.06 bits per heavy atom. The third kappa shape index (κ3) is 3.33. The molecule has 0 spiro atoms. The second-order valence-corrected chi connectivity index (χ2v) is 8.74. The Morgan fingerprint density at radius 2 is 1.79 bits per heavy atom. The van der Waals surface area contributed by atoms with E-state index in [1.165, 1.54) is 9.13 Å². The van der Waals surface area contributed by atoms with E-state index in [0.717, 1.165) is 29.1 Å². The number of anilines is 2. The van der Waals surface area contributed by atoms with Gasteiger partial charge in [-0.05, 0) is 36.1 Å². The summed E-state index contributed by atoms with van der Waals surface area (Å²) in [5, 5.41) is 0. The molecule has 0 bridgehead atoms. The van der Waals surface area contributed by atoms with Gasteiger partial charge in [-0.2, -0.15) is 4.98 Å². The summed E-state index contributed by atoms with van der Waals surface area (Å²) in [7, 11) is 3.32. The van der Waals surface area contributed by atoms with Crippen molar-refractivity contribution in [3.8, 4) is 5.75 Å². The third-order valence-corrected chi connectivity index (χ3v) is 6.41. The van der Waals surface area contributed by atoms with E-state index in [2.05, 4.69) is 11.8 Å². The third-order valence-electron chi connectivity index (χ3n) is 6.41. The Bertz CT molecular complexity index is 1480. The number of rotatable bonds is 4. The van der Waals surface area contributed by atoms with Crippen LogP contribution in [0, 0.1) is 12.8 Å². The number of imidazole rings is 1. The van der Waals surface area contributed by atoms with Gasteiger partial charge in [-0.3, -0.25) is 13.9 Å². The van der Waals surface area contributed by atoms with Gasteiger partial charge in [-0.15, -0.1) is 0 Å². The van der Waals surface area contributed by atoms with Crippen LogP contribution in [0.2, 0.25) is 0 Å². The average molecular weight is 446 g/mol. The van der Waals surface area contributed by atoms with Gasteiger partial charge in [0.05, 0.1) is 19.3 Å². The second kappa shape index (κ2) is 7.95. The summed E-state index contributed by atoms with van der Waals surface area (Å²) in [6.45, 7) is 5.73. The monoisotopic (exact) mass is 445 g/mol. The van der Waals surface area contributed by atoms with Crippen LogP contribution in [0.1, 0.15) is 18.1 Å². The molecule has 33 heavy (non-hydrogen) atoms. The van der Waals surface area contributed by atoms with Crippen molar-refractivity contribution in [3.05, 3.63) is 80.5 Å². The van der Waals surface area contributed by atoms with Gasteiger partial charge in [0.25, 0.3) is 5.56 Å². The van der Waals surface area contributed by atoms with Gasteiger partial charge in [0.15, 0.2) is 11.2 Å².